The molecule has 0 radical (unpaired) electrons. The molecule has 0 aliphatic carbocycles. The quantitative estimate of drug-likeness (QED) is 0.718. The number of nitrogens with one attached hydrogen (secondary N) is 3. The first-order chi connectivity index (χ1) is 11.5. The molecule has 2 rings (SSSR count). The number of urea groups is 1. The first-order valence-corrected chi connectivity index (χ1v) is 7.98. The van der Waals surface area contributed by atoms with Crippen molar-refractivity contribution in [2.45, 2.75) is 25.9 Å². The number of hydrogen-bond acceptors (Lipinski definition) is 3. The smallest absolute Gasteiger partial charge is 0.315 e. The lowest BCUT2D eigenvalue weighted by Gasteiger charge is -2.14. The van der Waals surface area contributed by atoms with Gasteiger partial charge < -0.3 is 20.4 Å². The normalized spacial score (nSPS) is 11.6. The molecule has 0 spiro atoms. The minimum absolute atomic E-state index is 0.0658. The van der Waals surface area contributed by atoms with Gasteiger partial charge >= 0.3 is 6.03 Å². The Hall–Kier alpha value is -2.47. The number of hydrogen-bond donors (Lipinski definition) is 3. The zero-order valence-electron chi connectivity index (χ0n) is 13.3. The molecule has 0 aliphatic rings. The molecule has 0 fully saturated rings. The topological polar surface area (TPSA) is 83.4 Å². The van der Waals surface area contributed by atoms with E-state index < -0.39 is 6.03 Å². The Morgan fingerprint density at radius 1 is 1.21 bits per heavy atom. The van der Waals surface area contributed by atoms with Gasteiger partial charge in [-0.15, -0.1) is 0 Å². The van der Waals surface area contributed by atoms with Crippen molar-refractivity contribution in [1.29, 1.82) is 0 Å². The third kappa shape index (κ3) is 6.34. The highest BCUT2D eigenvalue weighted by Gasteiger charge is 2.10. The van der Waals surface area contributed by atoms with E-state index in [1.54, 1.807) is 18.2 Å². The van der Waals surface area contributed by atoms with Crippen LogP contribution in [0.3, 0.4) is 0 Å². The fourth-order valence-electron chi connectivity index (χ4n) is 2.20. The molecule has 1 heterocycles. The molecule has 6 nitrogen and oxygen atoms in total. The van der Waals surface area contributed by atoms with Crippen LogP contribution in [-0.2, 0) is 17.8 Å². The summed E-state index contributed by atoms with van der Waals surface area (Å²) in [6.07, 6.45) is 2.20. The van der Waals surface area contributed by atoms with Crippen molar-refractivity contribution in [2.75, 3.05) is 6.54 Å². The van der Waals surface area contributed by atoms with Crippen LogP contribution in [0.1, 0.15) is 18.2 Å². The lowest BCUT2D eigenvalue weighted by atomic mass is 10.1. The summed E-state index contributed by atoms with van der Waals surface area (Å²) in [5.74, 6) is 0.391. The Morgan fingerprint density at radius 3 is 2.75 bits per heavy atom. The van der Waals surface area contributed by atoms with Crippen LogP contribution < -0.4 is 16.0 Å². The van der Waals surface area contributed by atoms with E-state index >= 15 is 0 Å². The average molecular weight is 350 g/mol. The summed E-state index contributed by atoms with van der Waals surface area (Å²) in [5.41, 5.74) is 1.04. The molecule has 1 aromatic carbocycles. The fraction of sp³-hybridized carbons (Fsp3) is 0.294. The zero-order chi connectivity index (χ0) is 17.4. The molecule has 2 aromatic rings. The van der Waals surface area contributed by atoms with Crippen LogP contribution in [0.25, 0.3) is 0 Å². The Bertz CT molecular complexity index is 673. The number of benzene rings is 1. The van der Waals surface area contributed by atoms with Crippen LogP contribution in [0.15, 0.2) is 47.1 Å². The van der Waals surface area contributed by atoms with Gasteiger partial charge in [-0.2, -0.15) is 0 Å². The van der Waals surface area contributed by atoms with Crippen molar-refractivity contribution in [3.63, 3.8) is 0 Å². The first-order valence-electron chi connectivity index (χ1n) is 7.61. The van der Waals surface area contributed by atoms with Crippen LogP contribution in [0.4, 0.5) is 4.79 Å². The van der Waals surface area contributed by atoms with E-state index in [2.05, 4.69) is 16.0 Å². The maximum Gasteiger partial charge on any atom is 0.315 e. The number of amides is 3. The number of carbonyl (C=O) groups is 2. The maximum absolute atomic E-state index is 11.8. The van der Waals surface area contributed by atoms with E-state index in [1.165, 1.54) is 6.26 Å². The van der Waals surface area contributed by atoms with E-state index in [9.17, 15) is 9.59 Å². The van der Waals surface area contributed by atoms with Gasteiger partial charge in [0.1, 0.15) is 5.76 Å². The lowest BCUT2D eigenvalue weighted by molar-refractivity contribution is -0.120. The predicted molar refractivity (Wildman–Crippen MR) is 91.7 cm³/mol. The van der Waals surface area contributed by atoms with E-state index in [-0.39, 0.29) is 25.0 Å². The Balaban J connectivity index is 1.65. The number of halogens is 1. The molecule has 1 atom stereocenters. The van der Waals surface area contributed by atoms with Crippen LogP contribution in [-0.4, -0.2) is 24.5 Å². The third-order valence-electron chi connectivity index (χ3n) is 3.25. The summed E-state index contributed by atoms with van der Waals surface area (Å²) < 4.78 is 5.10. The third-order valence-corrected chi connectivity index (χ3v) is 3.49. The van der Waals surface area contributed by atoms with Gasteiger partial charge in [-0.3, -0.25) is 4.79 Å². The highest BCUT2D eigenvalue weighted by Crippen LogP contribution is 2.12. The number of furan rings is 1. The molecule has 0 saturated carbocycles. The molecule has 1 aromatic heterocycles. The summed E-state index contributed by atoms with van der Waals surface area (Å²) in [6, 6.07) is 10.5. The van der Waals surface area contributed by atoms with Gasteiger partial charge in [0.15, 0.2) is 0 Å². The van der Waals surface area contributed by atoms with Gasteiger partial charge in [0.25, 0.3) is 0 Å². The highest BCUT2D eigenvalue weighted by molar-refractivity contribution is 6.30. The van der Waals surface area contributed by atoms with E-state index in [0.29, 0.717) is 17.2 Å². The standard InChI is InChI=1S/C17H20ClN3O3/c1-12(8-13-4-2-5-14(18)9-13)21-16(22)11-20-17(23)19-10-15-6-3-7-24-15/h2-7,9,12H,8,10-11H2,1H3,(H,21,22)(H2,19,20,23). The van der Waals surface area contributed by atoms with Crippen molar-refractivity contribution in [1.82, 2.24) is 16.0 Å². The van der Waals surface area contributed by atoms with Gasteiger partial charge in [-0.05, 0) is 43.2 Å². The van der Waals surface area contributed by atoms with Crippen LogP contribution >= 0.6 is 11.6 Å². The summed E-state index contributed by atoms with van der Waals surface area (Å²) >= 11 is 5.94. The first kappa shape index (κ1) is 17.9. The summed E-state index contributed by atoms with van der Waals surface area (Å²) in [7, 11) is 0. The molecule has 7 heteroatoms. The van der Waals surface area contributed by atoms with Crippen molar-refractivity contribution in [2.24, 2.45) is 0 Å². The zero-order valence-corrected chi connectivity index (χ0v) is 14.1. The maximum atomic E-state index is 11.8. The summed E-state index contributed by atoms with van der Waals surface area (Å²) in [6.45, 7) is 2.07. The largest absolute Gasteiger partial charge is 0.467 e. The van der Waals surface area contributed by atoms with Gasteiger partial charge in [0, 0.05) is 11.1 Å². The Kier molecular flexibility index (Phi) is 6.69. The van der Waals surface area contributed by atoms with Crippen LogP contribution in [0, 0.1) is 0 Å². The molecular weight excluding hydrogens is 330 g/mol. The van der Waals surface area contributed by atoms with Gasteiger partial charge in [-0.25, -0.2) is 4.79 Å². The monoisotopic (exact) mass is 349 g/mol. The Labute approximate surface area is 145 Å². The van der Waals surface area contributed by atoms with Crippen molar-refractivity contribution in [3.8, 4) is 0 Å². The second kappa shape index (κ2) is 8.98. The van der Waals surface area contributed by atoms with Crippen LogP contribution in [0.2, 0.25) is 5.02 Å². The van der Waals surface area contributed by atoms with Gasteiger partial charge in [0.05, 0.1) is 19.4 Å². The Morgan fingerprint density at radius 2 is 2.04 bits per heavy atom. The van der Waals surface area contributed by atoms with Crippen LogP contribution in [0.5, 0.6) is 0 Å². The average Bonchev–Trinajstić information content (AvgIpc) is 3.04. The van der Waals surface area contributed by atoms with Gasteiger partial charge in [0.2, 0.25) is 5.91 Å². The number of carbonyl (C=O) groups excluding carboxylic acids is 2. The number of rotatable bonds is 7. The van der Waals surface area contributed by atoms with Crippen molar-refractivity contribution in [3.05, 3.63) is 59.0 Å². The molecule has 1 unspecified atom stereocenters. The second-order valence-corrected chi connectivity index (χ2v) is 5.85. The van der Waals surface area contributed by atoms with Crippen molar-refractivity contribution >= 4 is 23.5 Å². The molecule has 128 valence electrons. The SMILES string of the molecule is CC(Cc1cccc(Cl)c1)NC(=O)CNC(=O)NCc1ccco1. The van der Waals surface area contributed by atoms with Gasteiger partial charge in [-0.1, -0.05) is 23.7 Å². The molecule has 0 aliphatic heterocycles. The minimum atomic E-state index is -0.427. The van der Waals surface area contributed by atoms with Crippen molar-refractivity contribution < 1.29 is 14.0 Å². The molecule has 24 heavy (non-hydrogen) atoms. The second-order valence-electron chi connectivity index (χ2n) is 5.42. The van der Waals surface area contributed by atoms with E-state index in [0.717, 1.165) is 5.56 Å². The van der Waals surface area contributed by atoms with E-state index in [1.807, 2.05) is 25.1 Å². The molecule has 3 N–H and O–H groups in total. The van der Waals surface area contributed by atoms with E-state index in [4.69, 9.17) is 16.0 Å². The highest BCUT2D eigenvalue weighted by atomic mass is 35.5. The predicted octanol–water partition coefficient (Wildman–Crippen LogP) is 2.48. The minimum Gasteiger partial charge on any atom is -0.467 e. The fourth-order valence-corrected chi connectivity index (χ4v) is 2.41. The summed E-state index contributed by atoms with van der Waals surface area (Å²) in [5, 5.41) is 8.60. The molecule has 0 bridgehead atoms. The molecule has 0 saturated heterocycles. The summed E-state index contributed by atoms with van der Waals surface area (Å²) in [4.78, 5) is 23.4. The molecule has 3 amide bonds. The molecular formula is C17H20ClN3O3. The lowest BCUT2D eigenvalue weighted by Crippen LogP contribution is -2.44.